The maximum absolute atomic E-state index is 12.6. The van der Waals surface area contributed by atoms with Gasteiger partial charge in [-0.15, -0.1) is 0 Å². The molecule has 9 nitrogen and oxygen atoms in total. The van der Waals surface area contributed by atoms with Crippen molar-refractivity contribution in [1.82, 2.24) is 20.0 Å². The van der Waals surface area contributed by atoms with Crippen LogP contribution in [0.3, 0.4) is 0 Å². The summed E-state index contributed by atoms with van der Waals surface area (Å²) >= 11 is 0. The summed E-state index contributed by atoms with van der Waals surface area (Å²) in [6.45, 7) is 4.64. The molecule has 1 aromatic heterocycles. The topological polar surface area (TPSA) is 112 Å². The number of amides is 1. The average molecular weight is 476 g/mol. The summed E-state index contributed by atoms with van der Waals surface area (Å²) in [4.78, 5) is 16.8. The molecule has 0 spiro atoms. The standard InChI is InChI=1S/C26H33N7O2/c1-32-10-2-3-21(17-32)29-20-8-9-24-22(15-20)25(31-30-24)23(27)16-28-19-6-4-18(5-7-19)26(34)33-11-13-35-14-12-33/h4-9,15-16,21,28-29H,2-3,10-14,17,27H2,1H3,(H,30,31)/b23-16-. The summed E-state index contributed by atoms with van der Waals surface area (Å²) in [5.41, 5.74) is 11.1. The van der Waals surface area contributed by atoms with Gasteiger partial charge in [-0.3, -0.25) is 9.89 Å². The smallest absolute Gasteiger partial charge is 0.254 e. The molecule has 0 bridgehead atoms. The number of ether oxygens (including phenoxy) is 1. The molecule has 2 fully saturated rings. The second kappa shape index (κ2) is 10.4. The van der Waals surface area contributed by atoms with Crippen LogP contribution in [0.2, 0.25) is 0 Å². The highest BCUT2D eigenvalue weighted by molar-refractivity contribution is 5.95. The Bertz CT molecular complexity index is 1200. The fourth-order valence-corrected chi connectivity index (χ4v) is 4.73. The van der Waals surface area contributed by atoms with Crippen LogP contribution >= 0.6 is 0 Å². The number of H-pyrrole nitrogens is 1. The van der Waals surface area contributed by atoms with Gasteiger partial charge in [-0.1, -0.05) is 0 Å². The average Bonchev–Trinajstić information content (AvgIpc) is 3.31. The maximum atomic E-state index is 12.6. The van der Waals surface area contributed by atoms with Gasteiger partial charge < -0.3 is 30.9 Å². The molecule has 184 valence electrons. The molecule has 35 heavy (non-hydrogen) atoms. The van der Waals surface area contributed by atoms with Crippen molar-refractivity contribution in [2.75, 3.05) is 57.1 Å². The molecule has 1 amide bonds. The molecule has 3 aromatic rings. The largest absolute Gasteiger partial charge is 0.396 e. The van der Waals surface area contributed by atoms with Crippen LogP contribution in [0.15, 0.2) is 48.7 Å². The normalized spacial score (nSPS) is 19.6. The number of hydrogen-bond donors (Lipinski definition) is 4. The molecule has 2 aliphatic heterocycles. The van der Waals surface area contributed by atoms with Crippen LogP contribution in [0.4, 0.5) is 11.4 Å². The third-order valence-electron chi connectivity index (χ3n) is 6.66. The monoisotopic (exact) mass is 475 g/mol. The van der Waals surface area contributed by atoms with Crippen LogP contribution in [-0.2, 0) is 4.74 Å². The number of morpholine rings is 1. The van der Waals surface area contributed by atoms with Crippen molar-refractivity contribution < 1.29 is 9.53 Å². The summed E-state index contributed by atoms with van der Waals surface area (Å²) < 4.78 is 5.33. The van der Waals surface area contributed by atoms with Crippen molar-refractivity contribution in [3.05, 3.63) is 59.9 Å². The van der Waals surface area contributed by atoms with E-state index >= 15 is 0 Å². The molecular weight excluding hydrogens is 442 g/mol. The number of nitrogens with zero attached hydrogens (tertiary/aromatic N) is 3. The number of fused-ring (bicyclic) bond motifs is 1. The molecule has 1 unspecified atom stereocenters. The molecule has 0 aliphatic carbocycles. The van der Waals surface area contributed by atoms with E-state index in [9.17, 15) is 4.79 Å². The summed E-state index contributed by atoms with van der Waals surface area (Å²) in [7, 11) is 2.17. The highest BCUT2D eigenvalue weighted by Crippen LogP contribution is 2.25. The van der Waals surface area contributed by atoms with Crippen molar-refractivity contribution in [2.24, 2.45) is 5.73 Å². The number of nitrogens with two attached hydrogens (primary N) is 1. The van der Waals surface area contributed by atoms with Gasteiger partial charge in [0.1, 0.15) is 5.69 Å². The number of benzene rings is 2. The number of carbonyl (C=O) groups is 1. The lowest BCUT2D eigenvalue weighted by molar-refractivity contribution is 0.0303. The zero-order chi connectivity index (χ0) is 24.2. The summed E-state index contributed by atoms with van der Waals surface area (Å²) in [5.74, 6) is 0.0298. The van der Waals surface area contributed by atoms with Gasteiger partial charge in [0.25, 0.3) is 5.91 Å². The van der Waals surface area contributed by atoms with E-state index in [4.69, 9.17) is 10.5 Å². The molecule has 3 heterocycles. The predicted molar refractivity (Wildman–Crippen MR) is 139 cm³/mol. The lowest BCUT2D eigenvalue weighted by atomic mass is 10.1. The number of likely N-dealkylation sites (tertiary alicyclic amines) is 1. The van der Waals surface area contributed by atoms with E-state index < -0.39 is 0 Å². The summed E-state index contributed by atoms with van der Waals surface area (Å²) in [6, 6.07) is 14.1. The minimum Gasteiger partial charge on any atom is -0.396 e. The van der Waals surface area contributed by atoms with Crippen LogP contribution in [0.1, 0.15) is 28.9 Å². The first kappa shape index (κ1) is 23.2. The number of anilines is 2. The Morgan fingerprint density at radius 2 is 1.91 bits per heavy atom. The van der Waals surface area contributed by atoms with Gasteiger partial charge in [-0.2, -0.15) is 5.10 Å². The van der Waals surface area contributed by atoms with Crippen LogP contribution in [0.25, 0.3) is 16.6 Å². The second-order valence-electron chi connectivity index (χ2n) is 9.30. The minimum atomic E-state index is 0.0298. The molecule has 5 N–H and O–H groups in total. The molecule has 0 radical (unpaired) electrons. The van der Waals surface area contributed by atoms with E-state index in [1.807, 2.05) is 35.2 Å². The molecule has 2 aromatic carbocycles. The van der Waals surface area contributed by atoms with E-state index in [0.29, 0.717) is 49.3 Å². The van der Waals surface area contributed by atoms with Gasteiger partial charge in [-0.05, 0) is 68.9 Å². The Labute approximate surface area is 205 Å². The van der Waals surface area contributed by atoms with Crippen molar-refractivity contribution >= 4 is 33.9 Å². The number of hydrogen-bond acceptors (Lipinski definition) is 7. The van der Waals surface area contributed by atoms with Crippen molar-refractivity contribution in [3.63, 3.8) is 0 Å². The third kappa shape index (κ3) is 5.41. The number of aromatic amines is 1. The van der Waals surface area contributed by atoms with Gasteiger partial charge in [0.05, 0.1) is 24.4 Å². The quantitative estimate of drug-likeness (QED) is 0.434. The molecule has 0 saturated carbocycles. The van der Waals surface area contributed by atoms with Gasteiger partial charge in [-0.25, -0.2) is 0 Å². The number of likely N-dealkylation sites (N-methyl/N-ethyl adjacent to an activating group) is 1. The SMILES string of the molecule is CN1CCCC(Nc2ccc3[nH]nc(/C(N)=C/Nc4ccc(C(=O)N5CCOCC5)cc4)c3c2)C1. The summed E-state index contributed by atoms with van der Waals surface area (Å²) in [5, 5.41) is 15.4. The van der Waals surface area contributed by atoms with E-state index in [-0.39, 0.29) is 5.91 Å². The lowest BCUT2D eigenvalue weighted by Gasteiger charge is -2.30. The fraction of sp³-hybridized carbons (Fsp3) is 0.385. The Kier molecular flexibility index (Phi) is 6.87. The fourth-order valence-electron chi connectivity index (χ4n) is 4.73. The first-order valence-corrected chi connectivity index (χ1v) is 12.2. The molecule has 5 rings (SSSR count). The van der Waals surface area contributed by atoms with Crippen molar-refractivity contribution in [3.8, 4) is 0 Å². The zero-order valence-corrected chi connectivity index (χ0v) is 20.1. The summed E-state index contributed by atoms with van der Waals surface area (Å²) in [6.07, 6.45) is 4.12. The highest BCUT2D eigenvalue weighted by Gasteiger charge is 2.19. The van der Waals surface area contributed by atoms with Gasteiger partial charge in [0, 0.05) is 54.2 Å². The van der Waals surface area contributed by atoms with E-state index in [2.05, 4.69) is 44.9 Å². The molecule has 2 saturated heterocycles. The number of rotatable bonds is 6. The Morgan fingerprint density at radius 3 is 2.69 bits per heavy atom. The van der Waals surface area contributed by atoms with Crippen molar-refractivity contribution in [2.45, 2.75) is 18.9 Å². The van der Waals surface area contributed by atoms with Crippen LogP contribution in [-0.4, -0.2) is 78.4 Å². The molecule has 9 heteroatoms. The van der Waals surface area contributed by atoms with Crippen LogP contribution in [0, 0.1) is 0 Å². The van der Waals surface area contributed by atoms with Gasteiger partial charge >= 0.3 is 0 Å². The van der Waals surface area contributed by atoms with E-state index in [0.717, 1.165) is 35.4 Å². The molecular formula is C26H33N7O2. The Morgan fingerprint density at radius 1 is 1.14 bits per heavy atom. The lowest BCUT2D eigenvalue weighted by Crippen LogP contribution is -2.40. The number of nitrogens with one attached hydrogen (secondary N) is 3. The first-order chi connectivity index (χ1) is 17.1. The number of piperidine rings is 1. The first-order valence-electron chi connectivity index (χ1n) is 12.2. The maximum Gasteiger partial charge on any atom is 0.254 e. The molecule has 2 aliphatic rings. The van der Waals surface area contributed by atoms with E-state index in [1.54, 1.807) is 6.20 Å². The van der Waals surface area contributed by atoms with Crippen molar-refractivity contribution in [1.29, 1.82) is 0 Å². The zero-order valence-electron chi connectivity index (χ0n) is 20.1. The minimum absolute atomic E-state index is 0.0298. The predicted octanol–water partition coefficient (Wildman–Crippen LogP) is 2.91. The van der Waals surface area contributed by atoms with Crippen LogP contribution < -0.4 is 16.4 Å². The Hall–Kier alpha value is -3.56. The van der Waals surface area contributed by atoms with Gasteiger partial charge in [0.15, 0.2) is 0 Å². The van der Waals surface area contributed by atoms with E-state index in [1.165, 1.54) is 12.8 Å². The van der Waals surface area contributed by atoms with Gasteiger partial charge in [0.2, 0.25) is 0 Å². The highest BCUT2D eigenvalue weighted by atomic mass is 16.5. The number of aromatic nitrogens is 2. The number of carbonyl (C=O) groups excluding carboxylic acids is 1. The second-order valence-corrected chi connectivity index (χ2v) is 9.30. The Balaban J connectivity index is 1.26. The molecule has 1 atom stereocenters. The van der Waals surface area contributed by atoms with Crippen LogP contribution in [0.5, 0.6) is 0 Å². The third-order valence-corrected chi connectivity index (χ3v) is 6.66.